The zero-order chi connectivity index (χ0) is 15.4. The van der Waals surface area contributed by atoms with Crippen molar-refractivity contribution in [1.29, 1.82) is 0 Å². The molecule has 22 heavy (non-hydrogen) atoms. The predicted octanol–water partition coefficient (Wildman–Crippen LogP) is 3.98. The number of hydrogen-bond acceptors (Lipinski definition) is 2. The molecule has 1 N–H and O–H groups in total. The fourth-order valence-electron chi connectivity index (χ4n) is 2.33. The second kappa shape index (κ2) is 6.76. The van der Waals surface area contributed by atoms with E-state index in [1.54, 1.807) is 6.08 Å². The van der Waals surface area contributed by atoms with Crippen molar-refractivity contribution >= 4 is 14.6 Å². The molecular weight excluding hydrogens is 293 g/mol. The van der Waals surface area contributed by atoms with Crippen molar-refractivity contribution in [3.05, 3.63) is 71.8 Å². The largest absolute Gasteiger partial charge is 0.457 e. The highest BCUT2D eigenvalue weighted by Gasteiger charge is 2.13. The van der Waals surface area contributed by atoms with Crippen LogP contribution in [0.25, 0.3) is 0 Å². The maximum absolute atomic E-state index is 11.2. The molecule has 3 nitrogen and oxygen atoms in total. The van der Waals surface area contributed by atoms with Crippen molar-refractivity contribution in [3.8, 4) is 11.5 Å². The normalized spacial score (nSPS) is 18.2. The number of carbonyl (C=O) groups excluding carboxylic acids is 1. The molecule has 1 heterocycles. The third-order valence-electron chi connectivity index (χ3n) is 3.54. The lowest BCUT2D eigenvalue weighted by atomic mass is 10.1. The highest BCUT2D eigenvalue weighted by Crippen LogP contribution is 2.29. The van der Waals surface area contributed by atoms with E-state index in [0.29, 0.717) is 14.4 Å². The molecule has 1 aliphatic rings. The van der Waals surface area contributed by atoms with E-state index in [1.807, 2.05) is 43.3 Å². The maximum atomic E-state index is 11.2. The van der Waals surface area contributed by atoms with Gasteiger partial charge in [0.1, 0.15) is 11.5 Å². The molecule has 4 heteroatoms. The van der Waals surface area contributed by atoms with E-state index in [0.717, 1.165) is 23.5 Å². The number of amides is 1. The minimum absolute atomic E-state index is 0.00610. The summed E-state index contributed by atoms with van der Waals surface area (Å²) in [6.07, 6.45) is 4.52. The SMILES string of the molecule is Cc1ccc(CC2C=CC(=O)NP2)cc1Oc1ccccc1. The van der Waals surface area contributed by atoms with E-state index in [4.69, 9.17) is 4.74 Å². The standard InChI is InChI=1S/C18H18NO2P/c1-13-7-8-14(11-16-9-10-18(20)19-22-16)12-17(13)21-15-5-3-2-4-6-15/h2-10,12,16,22H,11H2,1H3,(H,19,20). The second-order valence-electron chi connectivity index (χ2n) is 5.32. The molecule has 3 rings (SSSR count). The highest BCUT2D eigenvalue weighted by molar-refractivity contribution is 7.38. The van der Waals surface area contributed by atoms with E-state index in [-0.39, 0.29) is 5.91 Å². The van der Waals surface area contributed by atoms with Crippen molar-refractivity contribution in [2.45, 2.75) is 19.0 Å². The van der Waals surface area contributed by atoms with Gasteiger partial charge in [-0.3, -0.25) is 4.79 Å². The van der Waals surface area contributed by atoms with Crippen LogP contribution in [-0.2, 0) is 11.2 Å². The zero-order valence-electron chi connectivity index (χ0n) is 12.4. The van der Waals surface area contributed by atoms with Crippen molar-refractivity contribution in [3.63, 3.8) is 0 Å². The fourth-order valence-corrected chi connectivity index (χ4v) is 3.27. The summed E-state index contributed by atoms with van der Waals surface area (Å²) in [7, 11) is 0.439. The van der Waals surface area contributed by atoms with Gasteiger partial charge in [0.15, 0.2) is 0 Å². The first-order valence-corrected chi connectivity index (χ1v) is 8.34. The summed E-state index contributed by atoms with van der Waals surface area (Å²) in [6.45, 7) is 2.05. The third-order valence-corrected chi connectivity index (χ3v) is 4.70. The van der Waals surface area contributed by atoms with Crippen molar-refractivity contribution in [1.82, 2.24) is 5.09 Å². The average molecular weight is 311 g/mol. The van der Waals surface area contributed by atoms with Gasteiger partial charge in [0.25, 0.3) is 0 Å². The van der Waals surface area contributed by atoms with Crippen LogP contribution >= 0.6 is 8.73 Å². The first-order valence-electron chi connectivity index (χ1n) is 7.27. The third kappa shape index (κ3) is 3.75. The molecule has 0 radical (unpaired) electrons. The smallest absolute Gasteiger partial charge is 0.246 e. The van der Waals surface area contributed by atoms with Gasteiger partial charge in [-0.15, -0.1) is 0 Å². The maximum Gasteiger partial charge on any atom is 0.246 e. The predicted molar refractivity (Wildman–Crippen MR) is 90.8 cm³/mol. The van der Waals surface area contributed by atoms with E-state index in [9.17, 15) is 4.79 Å². The molecule has 112 valence electrons. The molecule has 2 atom stereocenters. The highest BCUT2D eigenvalue weighted by atomic mass is 31.1. The van der Waals surface area contributed by atoms with Crippen LogP contribution in [0, 0.1) is 6.92 Å². The summed E-state index contributed by atoms with van der Waals surface area (Å²) < 4.78 is 5.97. The van der Waals surface area contributed by atoms with Crippen molar-refractivity contribution in [2.24, 2.45) is 0 Å². The Hall–Kier alpha value is -2.12. The summed E-state index contributed by atoms with van der Waals surface area (Å²) in [6, 6.07) is 16.1. The van der Waals surface area contributed by atoms with Crippen molar-refractivity contribution < 1.29 is 9.53 Å². The second-order valence-corrected chi connectivity index (χ2v) is 6.60. The quantitative estimate of drug-likeness (QED) is 0.867. The minimum Gasteiger partial charge on any atom is -0.457 e. The summed E-state index contributed by atoms with van der Waals surface area (Å²) in [5, 5.41) is 2.89. The van der Waals surface area contributed by atoms with Crippen LogP contribution in [0.2, 0.25) is 0 Å². The lowest BCUT2D eigenvalue weighted by molar-refractivity contribution is -0.114. The lowest BCUT2D eigenvalue weighted by Gasteiger charge is -2.18. The Labute approximate surface area is 132 Å². The van der Waals surface area contributed by atoms with E-state index >= 15 is 0 Å². The Morgan fingerprint density at radius 3 is 2.73 bits per heavy atom. The molecule has 0 spiro atoms. The molecule has 1 amide bonds. The minimum atomic E-state index is 0.00610. The van der Waals surface area contributed by atoms with Crippen LogP contribution in [0.5, 0.6) is 11.5 Å². The molecule has 2 aromatic rings. The number of aryl methyl sites for hydroxylation is 1. The number of nitrogens with one attached hydrogen (secondary N) is 1. The van der Waals surface area contributed by atoms with Crippen LogP contribution < -0.4 is 9.82 Å². The molecule has 2 aromatic carbocycles. The Morgan fingerprint density at radius 1 is 1.18 bits per heavy atom. The van der Waals surface area contributed by atoms with Gasteiger partial charge < -0.3 is 9.82 Å². The number of para-hydroxylation sites is 1. The number of carbonyl (C=O) groups is 1. The van der Waals surface area contributed by atoms with Crippen molar-refractivity contribution in [2.75, 3.05) is 0 Å². The first kappa shape index (κ1) is 14.8. The first-order chi connectivity index (χ1) is 10.7. The molecule has 0 aromatic heterocycles. The van der Waals surface area contributed by atoms with Crippen LogP contribution in [0.1, 0.15) is 11.1 Å². The average Bonchev–Trinajstić information content (AvgIpc) is 2.54. The van der Waals surface area contributed by atoms with Gasteiger partial charge in [-0.05, 0) is 57.5 Å². The summed E-state index contributed by atoms with van der Waals surface area (Å²) >= 11 is 0. The molecule has 0 saturated heterocycles. The molecule has 0 aliphatic carbocycles. The summed E-state index contributed by atoms with van der Waals surface area (Å²) in [4.78, 5) is 11.2. The number of allylic oxidation sites excluding steroid dienone is 1. The van der Waals surface area contributed by atoms with Crippen LogP contribution in [0.15, 0.2) is 60.7 Å². The van der Waals surface area contributed by atoms with Gasteiger partial charge in [0.05, 0.1) is 0 Å². The molecule has 2 unspecified atom stereocenters. The molecule has 0 fully saturated rings. The van der Waals surface area contributed by atoms with Gasteiger partial charge in [-0.25, -0.2) is 0 Å². The summed E-state index contributed by atoms with van der Waals surface area (Å²) in [5.41, 5.74) is 2.70. The van der Waals surface area contributed by atoms with E-state index in [1.165, 1.54) is 5.56 Å². The molecule has 1 aliphatic heterocycles. The zero-order valence-corrected chi connectivity index (χ0v) is 13.4. The van der Waals surface area contributed by atoms with Gasteiger partial charge >= 0.3 is 0 Å². The Morgan fingerprint density at radius 2 is 2.00 bits per heavy atom. The number of benzene rings is 2. The Kier molecular flexibility index (Phi) is 4.55. The fraction of sp³-hybridized carbons (Fsp3) is 0.167. The summed E-state index contributed by atoms with van der Waals surface area (Å²) in [5.74, 6) is 1.73. The van der Waals surface area contributed by atoms with Crippen LogP contribution in [0.4, 0.5) is 0 Å². The van der Waals surface area contributed by atoms with Gasteiger partial charge in [0.2, 0.25) is 5.91 Å². The molecular formula is C18H18NO2P. The monoisotopic (exact) mass is 311 g/mol. The molecule has 0 bridgehead atoms. The Bertz CT molecular complexity index is 697. The van der Waals surface area contributed by atoms with E-state index < -0.39 is 0 Å². The number of rotatable bonds is 4. The van der Waals surface area contributed by atoms with Crippen LogP contribution in [0.3, 0.4) is 0 Å². The topological polar surface area (TPSA) is 38.3 Å². The van der Waals surface area contributed by atoms with Gasteiger partial charge in [0, 0.05) is 5.66 Å². The van der Waals surface area contributed by atoms with Crippen LogP contribution in [-0.4, -0.2) is 11.6 Å². The van der Waals surface area contributed by atoms with Gasteiger partial charge in [-0.2, -0.15) is 0 Å². The van der Waals surface area contributed by atoms with E-state index in [2.05, 4.69) is 23.3 Å². The number of ether oxygens (including phenoxy) is 1. The Balaban J connectivity index is 1.75. The lowest BCUT2D eigenvalue weighted by Crippen LogP contribution is -2.21. The van der Waals surface area contributed by atoms with Gasteiger partial charge in [-0.1, -0.05) is 36.4 Å². The molecule has 0 saturated carbocycles. The number of hydrogen-bond donors (Lipinski definition) is 1.